The number of hydrogen-bond acceptors (Lipinski definition) is 2. The Hall–Kier alpha value is -0.970. The van der Waals surface area contributed by atoms with Crippen LogP contribution >= 0.6 is 46.4 Å². The lowest BCUT2D eigenvalue weighted by atomic mass is 10.1. The van der Waals surface area contributed by atoms with Gasteiger partial charge in [0.25, 0.3) is 0 Å². The van der Waals surface area contributed by atoms with E-state index >= 15 is 0 Å². The lowest BCUT2D eigenvalue weighted by Crippen LogP contribution is -2.29. The monoisotopic (exact) mass is 390 g/mol. The minimum atomic E-state index is -0.198. The van der Waals surface area contributed by atoms with Gasteiger partial charge in [0.05, 0.1) is 22.3 Å². The number of carbonyl (C=O) groups is 1. The van der Waals surface area contributed by atoms with Crippen molar-refractivity contribution in [2.75, 3.05) is 18.4 Å². The van der Waals surface area contributed by atoms with E-state index in [1.54, 1.807) is 30.3 Å². The van der Waals surface area contributed by atoms with Crippen molar-refractivity contribution in [1.29, 1.82) is 0 Å². The van der Waals surface area contributed by atoms with Gasteiger partial charge >= 0.3 is 0 Å². The van der Waals surface area contributed by atoms with E-state index in [-0.39, 0.29) is 12.5 Å². The molecule has 3 nitrogen and oxygen atoms in total. The van der Waals surface area contributed by atoms with Gasteiger partial charge in [0.15, 0.2) is 0 Å². The van der Waals surface area contributed by atoms with Crippen LogP contribution < -0.4 is 10.6 Å². The molecule has 2 rings (SSSR count). The van der Waals surface area contributed by atoms with Crippen LogP contribution in [-0.4, -0.2) is 19.0 Å². The molecule has 0 unspecified atom stereocenters. The first-order valence-corrected chi connectivity index (χ1v) is 8.37. The minimum absolute atomic E-state index is 0.161. The standard InChI is InChI=1S/C16H14Cl4N2O/c17-11-5-4-10(13(19)8-11)6-7-21-9-15(23)22-14-3-1-2-12(18)16(14)20/h1-5,8,21H,6-7,9H2,(H,22,23). The molecule has 2 aromatic rings. The fourth-order valence-electron chi connectivity index (χ4n) is 1.94. The lowest BCUT2D eigenvalue weighted by Gasteiger charge is -2.09. The van der Waals surface area contributed by atoms with E-state index in [0.29, 0.717) is 38.7 Å². The second kappa shape index (κ2) is 8.76. The zero-order chi connectivity index (χ0) is 16.8. The molecule has 1 amide bonds. The van der Waals surface area contributed by atoms with Crippen molar-refractivity contribution in [2.45, 2.75) is 6.42 Å². The summed E-state index contributed by atoms with van der Waals surface area (Å²) in [5, 5.41) is 7.71. The molecule has 122 valence electrons. The van der Waals surface area contributed by atoms with Gasteiger partial charge in [-0.2, -0.15) is 0 Å². The molecule has 0 heterocycles. The summed E-state index contributed by atoms with van der Waals surface area (Å²) in [4.78, 5) is 11.9. The largest absolute Gasteiger partial charge is 0.324 e. The van der Waals surface area contributed by atoms with Crippen molar-refractivity contribution in [3.05, 3.63) is 62.1 Å². The van der Waals surface area contributed by atoms with Crippen molar-refractivity contribution in [2.24, 2.45) is 0 Å². The topological polar surface area (TPSA) is 41.1 Å². The number of hydrogen-bond donors (Lipinski definition) is 2. The van der Waals surface area contributed by atoms with Crippen molar-refractivity contribution in [3.63, 3.8) is 0 Å². The van der Waals surface area contributed by atoms with Gasteiger partial charge in [0.1, 0.15) is 0 Å². The number of carbonyl (C=O) groups excluding carboxylic acids is 1. The summed E-state index contributed by atoms with van der Waals surface area (Å²) in [6.07, 6.45) is 0.696. The van der Waals surface area contributed by atoms with Crippen LogP contribution in [0.5, 0.6) is 0 Å². The fourth-order valence-corrected chi connectivity index (χ4v) is 2.79. The molecule has 0 aliphatic rings. The van der Waals surface area contributed by atoms with Gasteiger partial charge in [-0.05, 0) is 42.8 Å². The van der Waals surface area contributed by atoms with E-state index in [9.17, 15) is 4.79 Å². The maximum absolute atomic E-state index is 11.9. The third-order valence-electron chi connectivity index (χ3n) is 3.10. The number of benzene rings is 2. The van der Waals surface area contributed by atoms with E-state index in [1.165, 1.54) is 0 Å². The maximum atomic E-state index is 11.9. The summed E-state index contributed by atoms with van der Waals surface area (Å²) >= 11 is 23.9. The highest BCUT2D eigenvalue weighted by molar-refractivity contribution is 6.44. The number of amides is 1. The highest BCUT2D eigenvalue weighted by Crippen LogP contribution is 2.29. The Bertz CT molecular complexity index is 706. The molecule has 0 aliphatic carbocycles. The molecule has 0 saturated heterocycles. The van der Waals surface area contributed by atoms with E-state index < -0.39 is 0 Å². The van der Waals surface area contributed by atoms with Crippen LogP contribution in [0.2, 0.25) is 20.1 Å². The molecule has 23 heavy (non-hydrogen) atoms. The van der Waals surface area contributed by atoms with Gasteiger partial charge < -0.3 is 10.6 Å². The summed E-state index contributed by atoms with van der Waals surface area (Å²) < 4.78 is 0. The van der Waals surface area contributed by atoms with Gasteiger partial charge in [-0.25, -0.2) is 0 Å². The van der Waals surface area contributed by atoms with Crippen molar-refractivity contribution in [1.82, 2.24) is 5.32 Å². The van der Waals surface area contributed by atoms with E-state index in [4.69, 9.17) is 46.4 Å². The molecule has 0 saturated carbocycles. The van der Waals surface area contributed by atoms with Crippen LogP contribution in [0.3, 0.4) is 0 Å². The highest BCUT2D eigenvalue weighted by atomic mass is 35.5. The van der Waals surface area contributed by atoms with E-state index in [0.717, 1.165) is 5.56 Å². The highest BCUT2D eigenvalue weighted by Gasteiger charge is 2.08. The lowest BCUT2D eigenvalue weighted by molar-refractivity contribution is -0.115. The van der Waals surface area contributed by atoms with Crippen molar-refractivity contribution >= 4 is 58.0 Å². The predicted octanol–water partition coefficient (Wildman–Crippen LogP) is 5.07. The molecule has 0 fully saturated rings. The van der Waals surface area contributed by atoms with Crippen LogP contribution in [0.1, 0.15) is 5.56 Å². The molecule has 7 heteroatoms. The summed E-state index contributed by atoms with van der Waals surface area (Å²) in [7, 11) is 0. The smallest absolute Gasteiger partial charge is 0.238 e. The first kappa shape index (κ1) is 18.4. The van der Waals surface area contributed by atoms with Crippen LogP contribution in [0.4, 0.5) is 5.69 Å². The average Bonchev–Trinajstić information content (AvgIpc) is 2.50. The molecular weight excluding hydrogens is 378 g/mol. The second-order valence-electron chi connectivity index (χ2n) is 4.81. The van der Waals surface area contributed by atoms with Crippen molar-refractivity contribution < 1.29 is 4.79 Å². The Morgan fingerprint density at radius 2 is 1.78 bits per heavy atom. The van der Waals surface area contributed by atoms with Crippen LogP contribution in [-0.2, 0) is 11.2 Å². The molecule has 0 bridgehead atoms. The van der Waals surface area contributed by atoms with Crippen molar-refractivity contribution in [3.8, 4) is 0 Å². The average molecular weight is 392 g/mol. The normalized spacial score (nSPS) is 10.6. The second-order valence-corrected chi connectivity index (χ2v) is 6.44. The Morgan fingerprint density at radius 3 is 2.52 bits per heavy atom. The summed E-state index contributed by atoms with van der Waals surface area (Å²) in [5.41, 5.74) is 1.47. The quantitative estimate of drug-likeness (QED) is 0.674. The Labute approximate surface area is 154 Å². The maximum Gasteiger partial charge on any atom is 0.238 e. The van der Waals surface area contributed by atoms with Crippen LogP contribution in [0, 0.1) is 0 Å². The van der Waals surface area contributed by atoms with E-state index in [2.05, 4.69) is 10.6 Å². The number of anilines is 1. The Kier molecular flexibility index (Phi) is 7.00. The van der Waals surface area contributed by atoms with Gasteiger partial charge in [-0.1, -0.05) is 58.5 Å². The number of nitrogens with one attached hydrogen (secondary N) is 2. The molecular formula is C16H14Cl4N2O. The SMILES string of the molecule is O=C(CNCCc1ccc(Cl)cc1Cl)Nc1cccc(Cl)c1Cl. The fraction of sp³-hybridized carbons (Fsp3) is 0.188. The predicted molar refractivity (Wildman–Crippen MR) is 98.1 cm³/mol. The van der Waals surface area contributed by atoms with Gasteiger partial charge in [0.2, 0.25) is 5.91 Å². The summed E-state index contributed by atoms with van der Waals surface area (Å²) in [6.45, 7) is 0.770. The summed E-state index contributed by atoms with van der Waals surface area (Å²) in [6, 6.07) is 10.4. The third-order valence-corrected chi connectivity index (χ3v) is 4.50. The van der Waals surface area contributed by atoms with Crippen LogP contribution in [0.15, 0.2) is 36.4 Å². The zero-order valence-electron chi connectivity index (χ0n) is 12.0. The minimum Gasteiger partial charge on any atom is -0.324 e. The van der Waals surface area contributed by atoms with E-state index in [1.807, 2.05) is 6.07 Å². The zero-order valence-corrected chi connectivity index (χ0v) is 15.0. The Morgan fingerprint density at radius 1 is 1.00 bits per heavy atom. The van der Waals surface area contributed by atoms with Gasteiger partial charge in [-0.15, -0.1) is 0 Å². The third kappa shape index (κ3) is 5.55. The molecule has 2 N–H and O–H groups in total. The van der Waals surface area contributed by atoms with Gasteiger partial charge in [-0.3, -0.25) is 4.79 Å². The van der Waals surface area contributed by atoms with Gasteiger partial charge in [0, 0.05) is 10.0 Å². The molecule has 0 radical (unpaired) electrons. The molecule has 0 aliphatic heterocycles. The van der Waals surface area contributed by atoms with Crippen LogP contribution in [0.25, 0.3) is 0 Å². The first-order chi connectivity index (χ1) is 11.0. The molecule has 2 aromatic carbocycles. The summed E-state index contributed by atoms with van der Waals surface area (Å²) in [5.74, 6) is -0.198. The number of rotatable bonds is 6. The first-order valence-electron chi connectivity index (χ1n) is 6.86. The molecule has 0 spiro atoms. The molecule has 0 aromatic heterocycles. The number of halogens is 4. The Balaban J connectivity index is 1.78. The molecule has 0 atom stereocenters.